The molecule has 124 valence electrons. The van der Waals surface area contributed by atoms with Crippen LogP contribution in [0.2, 0.25) is 0 Å². The molecule has 0 fully saturated rings. The molecular weight excluding hydrogens is 310 g/mol. The Kier molecular flexibility index (Phi) is 4.48. The maximum Gasteiger partial charge on any atom is 0.410 e. The van der Waals surface area contributed by atoms with E-state index in [0.29, 0.717) is 31.0 Å². The molecule has 1 aliphatic rings. The molecule has 8 nitrogen and oxygen atoms in total. The summed E-state index contributed by atoms with van der Waals surface area (Å²) < 4.78 is 32.0. The van der Waals surface area contributed by atoms with Gasteiger partial charge < -0.3 is 14.6 Å². The molecule has 0 bridgehead atoms. The zero-order valence-electron chi connectivity index (χ0n) is 13.2. The van der Waals surface area contributed by atoms with Gasteiger partial charge >= 0.3 is 6.09 Å². The van der Waals surface area contributed by atoms with E-state index in [2.05, 4.69) is 9.97 Å². The van der Waals surface area contributed by atoms with Crippen LogP contribution in [0.15, 0.2) is 0 Å². The van der Waals surface area contributed by atoms with Crippen molar-refractivity contribution >= 4 is 16.2 Å². The Bertz CT molecular complexity index is 660. The quantitative estimate of drug-likeness (QED) is 0.835. The molecule has 9 heteroatoms. The fraction of sp³-hybridized carbons (Fsp3) is 0.692. The van der Waals surface area contributed by atoms with E-state index in [-0.39, 0.29) is 12.7 Å². The monoisotopic (exact) mass is 331 g/mol. The number of ether oxygens (including phenoxy) is 1. The molecule has 1 aromatic rings. The Morgan fingerprint density at radius 1 is 1.41 bits per heavy atom. The first-order valence-electron chi connectivity index (χ1n) is 6.92. The Morgan fingerprint density at radius 2 is 2.09 bits per heavy atom. The molecule has 1 aromatic heterocycles. The number of imidazole rings is 1. The number of hydrogen-bond acceptors (Lipinski definition) is 6. The summed E-state index contributed by atoms with van der Waals surface area (Å²) in [5.41, 5.74) is 1.06. The molecule has 22 heavy (non-hydrogen) atoms. The lowest BCUT2D eigenvalue weighted by Crippen LogP contribution is -2.39. The number of carbonyl (C=O) groups is 1. The van der Waals surface area contributed by atoms with E-state index in [1.54, 1.807) is 4.90 Å². The molecule has 0 saturated heterocycles. The highest BCUT2D eigenvalue weighted by molar-refractivity contribution is 7.85. The second kappa shape index (κ2) is 5.88. The zero-order valence-corrected chi connectivity index (χ0v) is 14.0. The molecule has 0 spiro atoms. The van der Waals surface area contributed by atoms with E-state index >= 15 is 0 Å². The molecule has 1 amide bonds. The average Bonchev–Trinajstić information content (AvgIpc) is 2.75. The lowest BCUT2D eigenvalue weighted by molar-refractivity contribution is 0.0221. The third kappa shape index (κ3) is 4.70. The lowest BCUT2D eigenvalue weighted by Gasteiger charge is -2.29. The lowest BCUT2D eigenvalue weighted by atomic mass is 10.1. The van der Waals surface area contributed by atoms with Crippen LogP contribution in [-0.4, -0.2) is 47.8 Å². The van der Waals surface area contributed by atoms with Crippen molar-refractivity contribution in [2.45, 2.75) is 45.9 Å². The molecule has 0 aliphatic carbocycles. The summed E-state index contributed by atoms with van der Waals surface area (Å²) in [5, 5.41) is 0. The van der Waals surface area contributed by atoms with Crippen molar-refractivity contribution in [2.24, 2.45) is 0 Å². The summed E-state index contributed by atoms with van der Waals surface area (Å²) in [7, 11) is -3.51. The normalized spacial score (nSPS) is 15.5. The van der Waals surface area contributed by atoms with Crippen molar-refractivity contribution in [2.75, 3.05) is 12.8 Å². The summed E-state index contributed by atoms with van der Waals surface area (Å²) in [5.74, 6) is 0.432. The number of fused-ring (bicyclic) bond motifs is 1. The number of carbonyl (C=O) groups excluding carboxylic acids is 1. The molecule has 1 N–H and O–H groups in total. The smallest absolute Gasteiger partial charge is 0.410 e. The zero-order chi connectivity index (χ0) is 16.5. The van der Waals surface area contributed by atoms with Gasteiger partial charge in [-0.2, -0.15) is 8.42 Å². The number of rotatable bonds is 3. The number of H-pyrrole nitrogens is 1. The van der Waals surface area contributed by atoms with Crippen LogP contribution in [0.4, 0.5) is 4.79 Å². The number of nitrogens with zero attached hydrogens (tertiary/aromatic N) is 2. The van der Waals surface area contributed by atoms with Crippen LogP contribution in [0.25, 0.3) is 0 Å². The van der Waals surface area contributed by atoms with Crippen LogP contribution in [0.3, 0.4) is 0 Å². The van der Waals surface area contributed by atoms with Crippen molar-refractivity contribution in [1.29, 1.82) is 0 Å². The van der Waals surface area contributed by atoms with Gasteiger partial charge in [0.25, 0.3) is 10.1 Å². The Balaban J connectivity index is 2.02. The molecule has 2 heterocycles. The molecular formula is C13H21N3O5S. The van der Waals surface area contributed by atoms with E-state index in [9.17, 15) is 13.2 Å². The van der Waals surface area contributed by atoms with Gasteiger partial charge in [-0.1, -0.05) is 0 Å². The van der Waals surface area contributed by atoms with Crippen LogP contribution < -0.4 is 0 Å². The highest BCUT2D eigenvalue weighted by Crippen LogP contribution is 2.19. The minimum absolute atomic E-state index is 0.141. The molecule has 0 atom stereocenters. The van der Waals surface area contributed by atoms with Crippen molar-refractivity contribution in [3.8, 4) is 0 Å². The largest absolute Gasteiger partial charge is 0.444 e. The molecule has 2 rings (SSSR count). The van der Waals surface area contributed by atoms with Crippen LogP contribution in [0, 0.1) is 0 Å². The van der Waals surface area contributed by atoms with E-state index in [1.807, 2.05) is 20.8 Å². The van der Waals surface area contributed by atoms with Gasteiger partial charge in [-0.25, -0.2) is 9.78 Å². The van der Waals surface area contributed by atoms with Gasteiger partial charge in [0.15, 0.2) is 0 Å². The van der Waals surface area contributed by atoms with Crippen LogP contribution in [-0.2, 0) is 38.6 Å². The molecule has 0 radical (unpaired) electrons. The predicted molar refractivity (Wildman–Crippen MR) is 78.6 cm³/mol. The standard InChI is InChI=1S/C13H21N3O5S/c1-13(2,3)21-12(17)16-6-5-9-10(7-16)15-11(14-9)8-20-22(4,18)19/h5-8H2,1-4H3,(H,14,15). The maximum absolute atomic E-state index is 12.0. The summed E-state index contributed by atoms with van der Waals surface area (Å²) >= 11 is 0. The molecule has 1 aliphatic heterocycles. The second-order valence-electron chi connectivity index (χ2n) is 6.23. The molecule has 0 aromatic carbocycles. The number of nitrogens with one attached hydrogen (secondary N) is 1. The minimum Gasteiger partial charge on any atom is -0.444 e. The van der Waals surface area contributed by atoms with Crippen molar-refractivity contribution in [3.63, 3.8) is 0 Å². The van der Waals surface area contributed by atoms with Gasteiger partial charge in [0, 0.05) is 18.7 Å². The third-order valence-electron chi connectivity index (χ3n) is 2.95. The van der Waals surface area contributed by atoms with Gasteiger partial charge in [0.2, 0.25) is 0 Å². The number of aromatic nitrogens is 2. The second-order valence-corrected chi connectivity index (χ2v) is 7.87. The van der Waals surface area contributed by atoms with E-state index < -0.39 is 15.7 Å². The van der Waals surface area contributed by atoms with E-state index in [0.717, 1.165) is 11.9 Å². The van der Waals surface area contributed by atoms with Crippen LogP contribution in [0.1, 0.15) is 38.0 Å². The summed E-state index contributed by atoms with van der Waals surface area (Å²) in [6.45, 7) is 6.16. The van der Waals surface area contributed by atoms with Crippen molar-refractivity contribution in [3.05, 3.63) is 17.2 Å². The summed E-state index contributed by atoms with van der Waals surface area (Å²) in [6, 6.07) is 0. The van der Waals surface area contributed by atoms with Crippen molar-refractivity contribution in [1.82, 2.24) is 14.9 Å². The Morgan fingerprint density at radius 3 is 2.68 bits per heavy atom. The highest BCUT2D eigenvalue weighted by atomic mass is 32.2. The van der Waals surface area contributed by atoms with Crippen molar-refractivity contribution < 1.29 is 22.1 Å². The van der Waals surface area contributed by atoms with E-state index in [4.69, 9.17) is 8.92 Å². The van der Waals surface area contributed by atoms with Gasteiger partial charge in [0.1, 0.15) is 18.0 Å². The third-order valence-corrected chi connectivity index (χ3v) is 3.49. The first-order chi connectivity index (χ1) is 10.0. The fourth-order valence-corrected chi connectivity index (χ4v) is 2.39. The van der Waals surface area contributed by atoms with E-state index in [1.165, 1.54) is 0 Å². The van der Waals surface area contributed by atoms with Gasteiger partial charge in [-0.05, 0) is 20.8 Å². The van der Waals surface area contributed by atoms with Crippen LogP contribution in [0.5, 0.6) is 0 Å². The van der Waals surface area contributed by atoms with Crippen LogP contribution >= 0.6 is 0 Å². The Labute approximate surface area is 129 Å². The number of hydrogen-bond donors (Lipinski definition) is 1. The van der Waals surface area contributed by atoms with Gasteiger partial charge in [0.05, 0.1) is 18.5 Å². The minimum atomic E-state index is -3.51. The predicted octanol–water partition coefficient (Wildman–Crippen LogP) is 1.18. The topological polar surface area (TPSA) is 102 Å². The SMILES string of the molecule is CC(C)(C)OC(=O)N1CCc2[nH]c(COS(C)(=O)=O)nc2C1. The van der Waals surface area contributed by atoms with Gasteiger partial charge in [-0.3, -0.25) is 4.18 Å². The number of amides is 1. The summed E-state index contributed by atoms with van der Waals surface area (Å²) in [6.07, 6.45) is 1.22. The Hall–Kier alpha value is -1.61. The molecule has 0 saturated carbocycles. The average molecular weight is 331 g/mol. The first kappa shape index (κ1) is 16.8. The summed E-state index contributed by atoms with van der Waals surface area (Å²) in [4.78, 5) is 21.0. The fourth-order valence-electron chi connectivity index (χ4n) is 2.06. The molecule has 0 unspecified atom stereocenters. The van der Waals surface area contributed by atoms with Gasteiger partial charge in [-0.15, -0.1) is 0 Å². The maximum atomic E-state index is 12.0. The highest BCUT2D eigenvalue weighted by Gasteiger charge is 2.27. The number of aromatic amines is 1. The first-order valence-corrected chi connectivity index (χ1v) is 8.74.